The van der Waals surface area contributed by atoms with Crippen molar-refractivity contribution in [2.45, 2.75) is 32.7 Å². The van der Waals surface area contributed by atoms with Crippen molar-refractivity contribution < 1.29 is 0 Å². The molecule has 1 nitrogen and oxygen atoms in total. The quantitative estimate of drug-likeness (QED) is 0.696. The predicted molar refractivity (Wildman–Crippen MR) is 67.0 cm³/mol. The molecule has 1 atom stereocenters. The van der Waals surface area contributed by atoms with Crippen LogP contribution in [0.3, 0.4) is 0 Å². The van der Waals surface area contributed by atoms with E-state index in [1.165, 1.54) is 17.5 Å². The van der Waals surface area contributed by atoms with Crippen LogP contribution in [0.2, 0.25) is 0 Å². The summed E-state index contributed by atoms with van der Waals surface area (Å²) in [6.45, 7) is 9.24. The first-order valence-electron chi connectivity index (χ1n) is 5.69. The fourth-order valence-corrected chi connectivity index (χ4v) is 1.78. The summed E-state index contributed by atoms with van der Waals surface area (Å²) in [5, 5.41) is 3.56. The molecule has 0 heterocycles. The first-order chi connectivity index (χ1) is 7.29. The zero-order chi connectivity index (χ0) is 11.1. The number of hydrogen-bond acceptors (Lipinski definition) is 1. The lowest BCUT2D eigenvalue weighted by atomic mass is 9.99. The van der Waals surface area contributed by atoms with Crippen molar-refractivity contribution in [3.63, 3.8) is 0 Å². The Kier molecular flexibility index (Phi) is 5.13. The molecule has 0 saturated heterocycles. The minimum atomic E-state index is 0.420. The predicted octanol–water partition coefficient (Wildman–Crippen LogP) is 3.61. The highest BCUT2D eigenvalue weighted by Gasteiger charge is 2.10. The minimum Gasteiger partial charge on any atom is -0.310 e. The summed E-state index contributed by atoms with van der Waals surface area (Å²) in [4.78, 5) is 0. The van der Waals surface area contributed by atoms with Gasteiger partial charge in [0.25, 0.3) is 0 Å². The summed E-state index contributed by atoms with van der Waals surface area (Å²) in [5.41, 5.74) is 2.75. The van der Waals surface area contributed by atoms with Crippen LogP contribution < -0.4 is 5.32 Å². The molecule has 0 aliphatic rings. The minimum absolute atomic E-state index is 0.420. The number of nitrogens with one attached hydrogen (secondary N) is 1. The second kappa shape index (κ2) is 6.41. The molecule has 0 aromatic heterocycles. The Morgan fingerprint density at radius 1 is 1.40 bits per heavy atom. The van der Waals surface area contributed by atoms with Crippen molar-refractivity contribution >= 4 is 0 Å². The van der Waals surface area contributed by atoms with Gasteiger partial charge in [0.15, 0.2) is 0 Å². The summed E-state index contributed by atoms with van der Waals surface area (Å²) in [5.74, 6) is 0. The van der Waals surface area contributed by atoms with Gasteiger partial charge in [-0.25, -0.2) is 0 Å². The molecule has 0 amide bonds. The average Bonchev–Trinajstić information content (AvgIpc) is 2.25. The molecule has 1 N–H and O–H groups in total. The van der Waals surface area contributed by atoms with E-state index in [2.05, 4.69) is 50.0 Å². The van der Waals surface area contributed by atoms with Crippen LogP contribution in [0.25, 0.3) is 0 Å². The molecule has 1 heteroatoms. The Bertz CT molecular complexity index is 304. The number of rotatable bonds is 6. The van der Waals surface area contributed by atoms with Gasteiger partial charge >= 0.3 is 0 Å². The fraction of sp³-hybridized carbons (Fsp3) is 0.429. The number of aryl methyl sites for hydroxylation is 1. The van der Waals surface area contributed by atoms with Crippen molar-refractivity contribution in [2.75, 3.05) is 6.54 Å². The van der Waals surface area contributed by atoms with E-state index < -0.39 is 0 Å². The molecule has 15 heavy (non-hydrogen) atoms. The first kappa shape index (κ1) is 12.0. The molecular weight excluding hydrogens is 182 g/mol. The maximum Gasteiger partial charge on any atom is 0.0357 e. The Morgan fingerprint density at radius 2 is 2.13 bits per heavy atom. The van der Waals surface area contributed by atoms with E-state index in [0.29, 0.717) is 6.04 Å². The van der Waals surface area contributed by atoms with Gasteiger partial charge in [0, 0.05) is 6.04 Å². The second-order valence-electron chi connectivity index (χ2n) is 3.89. The second-order valence-corrected chi connectivity index (χ2v) is 3.89. The highest BCUT2D eigenvalue weighted by Crippen LogP contribution is 2.20. The lowest BCUT2D eigenvalue weighted by Gasteiger charge is -2.19. The smallest absolute Gasteiger partial charge is 0.0357 e. The van der Waals surface area contributed by atoms with Gasteiger partial charge < -0.3 is 5.32 Å². The largest absolute Gasteiger partial charge is 0.310 e. The molecule has 0 bridgehead atoms. The number of hydrogen-bond donors (Lipinski definition) is 1. The van der Waals surface area contributed by atoms with E-state index >= 15 is 0 Å². The van der Waals surface area contributed by atoms with Crippen LogP contribution in [0.4, 0.5) is 0 Å². The zero-order valence-corrected chi connectivity index (χ0v) is 9.79. The van der Waals surface area contributed by atoms with Crippen molar-refractivity contribution in [3.05, 3.63) is 48.0 Å². The first-order valence-corrected chi connectivity index (χ1v) is 5.69. The summed E-state index contributed by atoms with van der Waals surface area (Å²) in [6, 6.07) is 8.98. The van der Waals surface area contributed by atoms with E-state index in [0.717, 1.165) is 13.0 Å². The molecule has 1 unspecified atom stereocenters. The maximum absolute atomic E-state index is 3.82. The van der Waals surface area contributed by atoms with Crippen LogP contribution in [-0.4, -0.2) is 6.54 Å². The molecule has 0 saturated carbocycles. The van der Waals surface area contributed by atoms with Crippen LogP contribution >= 0.6 is 0 Å². The van der Waals surface area contributed by atoms with Crippen molar-refractivity contribution in [1.82, 2.24) is 5.32 Å². The molecule has 0 radical (unpaired) electrons. The van der Waals surface area contributed by atoms with E-state index in [-0.39, 0.29) is 0 Å². The highest BCUT2D eigenvalue weighted by atomic mass is 14.9. The Labute approximate surface area is 93.2 Å². The van der Waals surface area contributed by atoms with E-state index in [4.69, 9.17) is 0 Å². The molecule has 0 aliphatic carbocycles. The fourth-order valence-electron chi connectivity index (χ4n) is 1.78. The third kappa shape index (κ3) is 3.52. The normalized spacial score (nSPS) is 12.4. The molecule has 1 rings (SSSR count). The van der Waals surface area contributed by atoms with Crippen LogP contribution in [0.15, 0.2) is 36.9 Å². The van der Waals surface area contributed by atoms with Crippen LogP contribution in [0.5, 0.6) is 0 Å². The topological polar surface area (TPSA) is 12.0 Å². The third-order valence-electron chi connectivity index (χ3n) is 2.61. The van der Waals surface area contributed by atoms with E-state index in [1.54, 1.807) is 0 Å². The van der Waals surface area contributed by atoms with Gasteiger partial charge in [-0.1, -0.05) is 37.3 Å². The summed E-state index contributed by atoms with van der Waals surface area (Å²) in [7, 11) is 0. The molecule has 1 aromatic carbocycles. The molecule has 0 spiro atoms. The Hall–Kier alpha value is -1.08. The zero-order valence-electron chi connectivity index (χ0n) is 9.79. The standard InChI is InChI=1S/C14H21N/c1-4-8-14(15-11-5-2)13-10-7-6-9-12(13)3/h4,6-7,9-10,14-15H,1,5,8,11H2,2-3H3. The molecule has 1 aromatic rings. The van der Waals surface area contributed by atoms with Gasteiger partial charge in [-0.15, -0.1) is 6.58 Å². The maximum atomic E-state index is 3.82. The average molecular weight is 203 g/mol. The lowest BCUT2D eigenvalue weighted by Crippen LogP contribution is -2.22. The molecular formula is C14H21N. The Morgan fingerprint density at radius 3 is 2.73 bits per heavy atom. The monoisotopic (exact) mass is 203 g/mol. The number of benzene rings is 1. The SMILES string of the molecule is C=CCC(NCCC)c1ccccc1C. The Balaban J connectivity index is 2.78. The van der Waals surface area contributed by atoms with Crippen LogP contribution in [-0.2, 0) is 0 Å². The molecule has 0 aliphatic heterocycles. The summed E-state index contributed by atoms with van der Waals surface area (Å²) < 4.78 is 0. The molecule has 82 valence electrons. The molecule has 0 fully saturated rings. The van der Waals surface area contributed by atoms with Gasteiger partial charge in [0.2, 0.25) is 0 Å². The summed E-state index contributed by atoms with van der Waals surface area (Å²) in [6.07, 6.45) is 4.14. The van der Waals surface area contributed by atoms with Crippen molar-refractivity contribution in [1.29, 1.82) is 0 Å². The van der Waals surface area contributed by atoms with Gasteiger partial charge in [-0.2, -0.15) is 0 Å². The van der Waals surface area contributed by atoms with Gasteiger partial charge in [-0.05, 0) is 37.4 Å². The van der Waals surface area contributed by atoms with E-state index in [9.17, 15) is 0 Å². The van der Waals surface area contributed by atoms with Crippen molar-refractivity contribution in [2.24, 2.45) is 0 Å². The van der Waals surface area contributed by atoms with Crippen LogP contribution in [0.1, 0.15) is 36.9 Å². The lowest BCUT2D eigenvalue weighted by molar-refractivity contribution is 0.535. The van der Waals surface area contributed by atoms with Crippen LogP contribution in [0, 0.1) is 6.92 Å². The van der Waals surface area contributed by atoms with Gasteiger partial charge in [-0.3, -0.25) is 0 Å². The third-order valence-corrected chi connectivity index (χ3v) is 2.61. The summed E-state index contributed by atoms with van der Waals surface area (Å²) >= 11 is 0. The van der Waals surface area contributed by atoms with E-state index in [1.807, 2.05) is 6.08 Å². The van der Waals surface area contributed by atoms with Crippen molar-refractivity contribution in [3.8, 4) is 0 Å². The highest BCUT2D eigenvalue weighted by molar-refractivity contribution is 5.29. The van der Waals surface area contributed by atoms with Gasteiger partial charge in [0.05, 0.1) is 0 Å². The van der Waals surface area contributed by atoms with Gasteiger partial charge in [0.1, 0.15) is 0 Å².